The first-order valence-electron chi connectivity index (χ1n) is 9.50. The molecule has 1 aliphatic heterocycles. The molecule has 28 heavy (non-hydrogen) atoms. The van der Waals surface area contributed by atoms with E-state index in [0.29, 0.717) is 47.5 Å². The third kappa shape index (κ3) is 2.88. The van der Waals surface area contributed by atoms with E-state index in [1.807, 2.05) is 19.9 Å². The highest BCUT2D eigenvalue weighted by Crippen LogP contribution is 2.39. The van der Waals surface area contributed by atoms with Gasteiger partial charge in [-0.15, -0.1) is 0 Å². The summed E-state index contributed by atoms with van der Waals surface area (Å²) < 4.78 is 9.80. The molecule has 3 aromatic rings. The fourth-order valence-electron chi connectivity index (χ4n) is 3.77. The van der Waals surface area contributed by atoms with Crippen molar-refractivity contribution in [3.63, 3.8) is 0 Å². The van der Waals surface area contributed by atoms with Crippen molar-refractivity contribution in [1.82, 2.24) is 19.3 Å². The minimum absolute atomic E-state index is 0.0676. The number of imidazole rings is 1. The van der Waals surface area contributed by atoms with Crippen LogP contribution in [0, 0.1) is 24.2 Å². The number of benzene rings is 1. The van der Waals surface area contributed by atoms with Crippen molar-refractivity contribution in [2.45, 2.75) is 46.5 Å². The molecule has 0 radical (unpaired) electrons. The Hall–Kier alpha value is -3.05. The lowest BCUT2D eigenvalue weighted by Crippen LogP contribution is -2.28. The van der Waals surface area contributed by atoms with Crippen LogP contribution in [0.2, 0.25) is 0 Å². The summed E-state index contributed by atoms with van der Waals surface area (Å²) in [6, 6.07) is 7.58. The minimum Gasteiger partial charge on any atom is -0.489 e. The van der Waals surface area contributed by atoms with E-state index in [4.69, 9.17) is 4.74 Å². The molecule has 146 valence electrons. The van der Waals surface area contributed by atoms with Crippen molar-refractivity contribution < 1.29 is 9.84 Å². The monoisotopic (exact) mass is 380 g/mol. The highest BCUT2D eigenvalue weighted by Gasteiger charge is 2.30. The van der Waals surface area contributed by atoms with Crippen molar-refractivity contribution in [3.8, 4) is 11.8 Å². The average molecular weight is 380 g/mol. The van der Waals surface area contributed by atoms with Gasteiger partial charge in [-0.25, -0.2) is 4.98 Å². The maximum atomic E-state index is 10.8. The molecule has 3 heterocycles. The second-order valence-electron chi connectivity index (χ2n) is 7.45. The molecule has 0 spiro atoms. The predicted octanol–water partition coefficient (Wildman–Crippen LogP) is 3.13. The zero-order chi connectivity index (χ0) is 20.0. The minimum atomic E-state index is -0.955. The number of ether oxygens (including phenoxy) is 1. The average Bonchev–Trinajstić information content (AvgIpc) is 3.23. The highest BCUT2D eigenvalue weighted by molar-refractivity contribution is 5.87. The number of rotatable bonds is 5. The number of aromatic nitrogens is 4. The summed E-state index contributed by atoms with van der Waals surface area (Å²) in [5.74, 6) is 1.51. The summed E-state index contributed by atoms with van der Waals surface area (Å²) >= 11 is 0. The molecule has 0 fully saturated rings. The SMILES string of the molecule is CCn1nc(C)cc1C(O)Nc1nc2cc(C#N)cc3c2n1[C@@H](C(C)C)CO3. The van der Waals surface area contributed by atoms with Crippen LogP contribution in [-0.4, -0.2) is 31.0 Å². The largest absolute Gasteiger partial charge is 0.489 e. The summed E-state index contributed by atoms with van der Waals surface area (Å²) in [7, 11) is 0. The van der Waals surface area contributed by atoms with Gasteiger partial charge in [-0.3, -0.25) is 4.68 Å². The Morgan fingerprint density at radius 2 is 2.18 bits per heavy atom. The van der Waals surface area contributed by atoms with Gasteiger partial charge >= 0.3 is 0 Å². The molecule has 2 N–H and O–H groups in total. The smallest absolute Gasteiger partial charge is 0.206 e. The van der Waals surface area contributed by atoms with Crippen LogP contribution in [0.25, 0.3) is 11.0 Å². The van der Waals surface area contributed by atoms with Gasteiger partial charge in [0, 0.05) is 12.6 Å². The molecule has 1 aromatic carbocycles. The first-order chi connectivity index (χ1) is 13.4. The van der Waals surface area contributed by atoms with Crippen molar-refractivity contribution in [1.29, 1.82) is 5.26 Å². The summed E-state index contributed by atoms with van der Waals surface area (Å²) in [5.41, 5.74) is 3.56. The standard InChI is InChI=1S/C20H24N6O2/c1-5-25-15(6-12(4)24-25)19(27)23-20-22-14-7-13(9-21)8-17-18(14)26(20)16(10-28-17)11(2)3/h6-8,11,16,19,27H,5,10H2,1-4H3,(H,22,23)/t16-,19?/m1/s1. The second kappa shape index (κ2) is 6.84. The molecule has 0 bridgehead atoms. The second-order valence-corrected chi connectivity index (χ2v) is 7.45. The third-order valence-corrected chi connectivity index (χ3v) is 5.17. The number of nitriles is 1. The van der Waals surface area contributed by atoms with Gasteiger partial charge in [0.25, 0.3) is 0 Å². The summed E-state index contributed by atoms with van der Waals surface area (Å²) in [6.07, 6.45) is -0.955. The number of aliphatic hydroxyl groups is 1. The molecule has 0 saturated carbocycles. The Balaban J connectivity index is 1.82. The molecule has 1 unspecified atom stereocenters. The topological polar surface area (TPSA) is 101 Å². The number of hydrogen-bond donors (Lipinski definition) is 2. The van der Waals surface area contributed by atoms with E-state index >= 15 is 0 Å². The maximum Gasteiger partial charge on any atom is 0.206 e. The Morgan fingerprint density at radius 1 is 1.39 bits per heavy atom. The first-order valence-corrected chi connectivity index (χ1v) is 9.50. The Morgan fingerprint density at radius 3 is 2.86 bits per heavy atom. The molecule has 0 saturated heterocycles. The number of nitrogens with zero attached hydrogens (tertiary/aromatic N) is 5. The van der Waals surface area contributed by atoms with Gasteiger partial charge in [0.15, 0.2) is 6.23 Å². The van der Waals surface area contributed by atoms with E-state index in [0.717, 1.165) is 11.2 Å². The van der Waals surface area contributed by atoms with Crippen LogP contribution in [0.5, 0.6) is 5.75 Å². The van der Waals surface area contributed by atoms with E-state index in [2.05, 4.69) is 39.9 Å². The molecule has 0 aliphatic carbocycles. The fourth-order valence-corrected chi connectivity index (χ4v) is 3.77. The lowest BCUT2D eigenvalue weighted by atomic mass is 10.0. The Labute approximate surface area is 163 Å². The molecule has 4 rings (SSSR count). The van der Waals surface area contributed by atoms with Gasteiger partial charge in [0.1, 0.15) is 17.9 Å². The Kier molecular flexibility index (Phi) is 4.47. The normalized spacial score (nSPS) is 16.8. The van der Waals surface area contributed by atoms with Crippen LogP contribution in [0.3, 0.4) is 0 Å². The number of aliphatic hydroxyl groups excluding tert-OH is 1. The van der Waals surface area contributed by atoms with E-state index < -0.39 is 6.23 Å². The van der Waals surface area contributed by atoms with Gasteiger partial charge < -0.3 is 19.7 Å². The van der Waals surface area contributed by atoms with Crippen LogP contribution in [-0.2, 0) is 6.54 Å². The number of hydrogen-bond acceptors (Lipinski definition) is 6. The van der Waals surface area contributed by atoms with Gasteiger partial charge in [-0.05, 0) is 31.9 Å². The molecule has 0 amide bonds. The maximum absolute atomic E-state index is 10.8. The predicted molar refractivity (Wildman–Crippen MR) is 105 cm³/mol. The van der Waals surface area contributed by atoms with E-state index in [1.165, 1.54) is 0 Å². The third-order valence-electron chi connectivity index (χ3n) is 5.17. The Bertz CT molecular complexity index is 1070. The summed E-state index contributed by atoms with van der Waals surface area (Å²) in [5, 5.41) is 27.7. The van der Waals surface area contributed by atoms with Crippen molar-refractivity contribution in [2.24, 2.45) is 5.92 Å². The van der Waals surface area contributed by atoms with Crippen LogP contribution in [0.4, 0.5) is 5.95 Å². The zero-order valence-corrected chi connectivity index (χ0v) is 16.5. The zero-order valence-electron chi connectivity index (χ0n) is 16.5. The molecular weight excluding hydrogens is 356 g/mol. The quantitative estimate of drug-likeness (QED) is 0.660. The fraction of sp³-hybridized carbons (Fsp3) is 0.450. The lowest BCUT2D eigenvalue weighted by molar-refractivity contribution is 0.186. The molecule has 8 nitrogen and oxygen atoms in total. The molecule has 2 atom stereocenters. The van der Waals surface area contributed by atoms with Gasteiger partial charge in [-0.1, -0.05) is 13.8 Å². The van der Waals surface area contributed by atoms with Gasteiger partial charge in [0.05, 0.1) is 34.6 Å². The van der Waals surface area contributed by atoms with Gasteiger partial charge in [-0.2, -0.15) is 10.4 Å². The lowest BCUT2D eigenvalue weighted by Gasteiger charge is -2.30. The van der Waals surface area contributed by atoms with Crippen molar-refractivity contribution in [3.05, 3.63) is 35.2 Å². The van der Waals surface area contributed by atoms with E-state index in [1.54, 1.807) is 16.8 Å². The molecule has 1 aliphatic rings. The summed E-state index contributed by atoms with van der Waals surface area (Å²) in [6.45, 7) is 9.29. The van der Waals surface area contributed by atoms with Crippen LogP contribution in [0.15, 0.2) is 18.2 Å². The first kappa shape index (κ1) is 18.3. The number of aryl methyl sites for hydroxylation is 2. The van der Waals surface area contributed by atoms with Crippen LogP contribution in [0.1, 0.15) is 50.0 Å². The molecular formula is C20H24N6O2. The summed E-state index contributed by atoms with van der Waals surface area (Å²) in [4.78, 5) is 4.68. The van der Waals surface area contributed by atoms with Crippen molar-refractivity contribution in [2.75, 3.05) is 11.9 Å². The van der Waals surface area contributed by atoms with E-state index in [-0.39, 0.29) is 6.04 Å². The van der Waals surface area contributed by atoms with Crippen molar-refractivity contribution >= 4 is 17.0 Å². The molecule has 8 heteroatoms. The molecule has 2 aromatic heterocycles. The number of anilines is 1. The highest BCUT2D eigenvalue weighted by atomic mass is 16.5. The van der Waals surface area contributed by atoms with Crippen LogP contribution >= 0.6 is 0 Å². The number of nitrogens with one attached hydrogen (secondary N) is 1. The van der Waals surface area contributed by atoms with E-state index in [9.17, 15) is 10.4 Å². The van der Waals surface area contributed by atoms with Crippen LogP contribution < -0.4 is 10.1 Å². The van der Waals surface area contributed by atoms with Gasteiger partial charge in [0.2, 0.25) is 5.95 Å².